The highest BCUT2D eigenvalue weighted by Gasteiger charge is 2.64. The number of benzene rings is 1. The predicted molar refractivity (Wildman–Crippen MR) is 135 cm³/mol. The van der Waals surface area contributed by atoms with Crippen LogP contribution in [0.5, 0.6) is 0 Å². The molecule has 3 amide bonds. The molecule has 4 atom stereocenters. The summed E-state index contributed by atoms with van der Waals surface area (Å²) in [5.41, 5.74) is 0.183. The summed E-state index contributed by atoms with van der Waals surface area (Å²) < 4.78 is -0.746. The molecule has 0 spiro atoms. The zero-order chi connectivity index (χ0) is 26.5. The number of aliphatic carboxylic acids is 1. The molecule has 2 aliphatic rings. The Morgan fingerprint density at radius 2 is 1.86 bits per heavy atom. The van der Waals surface area contributed by atoms with Crippen molar-refractivity contribution in [2.45, 2.75) is 42.1 Å². The smallest absolute Gasteiger partial charge is 0.327 e. The van der Waals surface area contributed by atoms with E-state index in [0.717, 1.165) is 0 Å². The number of fused-ring (bicyclic) bond motifs is 2. The molecular weight excluding hydrogens is 498 g/mol. The standard InChI is InChI=1S/C25H23N5O6S/c1-25(2)19(24(35)36)30-22(34)17(23(30)37-25)29-21(33)15(12-7-4-3-5-8-12)28-20(32)13-11-27-14-9-6-10-26-16(14)18(13)31/h3-11,15,17,19,23H,1-2H3,(H,27,31)(H,28,32)(H,29,33)(H,35,36). The molecule has 4 N–H and O–H groups in total. The highest BCUT2D eigenvalue weighted by atomic mass is 32.2. The Labute approximate surface area is 214 Å². The summed E-state index contributed by atoms with van der Waals surface area (Å²) in [6.07, 6.45) is 2.70. The third-order valence-corrected chi connectivity index (χ3v) is 8.10. The fourth-order valence-corrected chi connectivity index (χ4v) is 6.38. The van der Waals surface area contributed by atoms with Crippen LogP contribution in [-0.2, 0) is 14.4 Å². The van der Waals surface area contributed by atoms with Gasteiger partial charge in [0.05, 0.1) is 5.52 Å². The van der Waals surface area contributed by atoms with E-state index in [0.29, 0.717) is 11.1 Å². The van der Waals surface area contributed by atoms with E-state index in [2.05, 4.69) is 20.6 Å². The summed E-state index contributed by atoms with van der Waals surface area (Å²) in [7, 11) is 0. The Morgan fingerprint density at radius 1 is 1.14 bits per heavy atom. The molecule has 4 heterocycles. The Morgan fingerprint density at radius 3 is 2.57 bits per heavy atom. The molecule has 0 radical (unpaired) electrons. The van der Waals surface area contributed by atoms with Crippen LogP contribution >= 0.6 is 11.8 Å². The van der Waals surface area contributed by atoms with Gasteiger partial charge in [-0.2, -0.15) is 0 Å². The fraction of sp³-hybridized carbons (Fsp3) is 0.280. The number of β-lactam (4-membered cyclic amide) rings is 1. The molecule has 0 saturated carbocycles. The summed E-state index contributed by atoms with van der Waals surface area (Å²) in [6.45, 7) is 3.48. The van der Waals surface area contributed by atoms with Crippen LogP contribution in [0.2, 0.25) is 0 Å². The number of nitrogens with zero attached hydrogens (tertiary/aromatic N) is 2. The molecule has 5 rings (SSSR count). The fourth-order valence-electron chi connectivity index (χ4n) is 4.75. The SMILES string of the molecule is CC1(C)SC2C(NC(=O)C(NC(=O)c3c[nH]c4cccnc4c3=O)c3ccccc3)C(=O)N2C1C(=O)O. The number of H-pyrrole nitrogens is 1. The van der Waals surface area contributed by atoms with Crippen LogP contribution in [-0.4, -0.2) is 65.9 Å². The van der Waals surface area contributed by atoms with E-state index in [4.69, 9.17) is 0 Å². The molecule has 37 heavy (non-hydrogen) atoms. The molecule has 4 unspecified atom stereocenters. The van der Waals surface area contributed by atoms with Crippen LogP contribution in [0.3, 0.4) is 0 Å². The van der Waals surface area contributed by atoms with Gasteiger partial charge in [-0.3, -0.25) is 24.2 Å². The molecule has 2 fully saturated rings. The van der Waals surface area contributed by atoms with Crippen molar-refractivity contribution < 1.29 is 24.3 Å². The van der Waals surface area contributed by atoms with Crippen molar-refractivity contribution >= 4 is 46.5 Å². The summed E-state index contributed by atoms with van der Waals surface area (Å²) in [6, 6.07) is 8.54. The lowest BCUT2D eigenvalue weighted by molar-refractivity contribution is -0.161. The number of thioether (sulfide) groups is 1. The van der Waals surface area contributed by atoms with E-state index in [9.17, 15) is 29.1 Å². The van der Waals surface area contributed by atoms with Gasteiger partial charge < -0.3 is 25.6 Å². The van der Waals surface area contributed by atoms with Gasteiger partial charge in [-0.05, 0) is 31.5 Å². The zero-order valence-electron chi connectivity index (χ0n) is 19.8. The normalized spacial score (nSPS) is 22.6. The van der Waals surface area contributed by atoms with Gasteiger partial charge in [-0.25, -0.2) is 4.79 Å². The van der Waals surface area contributed by atoms with E-state index < -0.39 is 57.4 Å². The van der Waals surface area contributed by atoms with Gasteiger partial charge in [0, 0.05) is 17.1 Å². The van der Waals surface area contributed by atoms with Crippen molar-refractivity contribution in [3.05, 3.63) is 76.2 Å². The van der Waals surface area contributed by atoms with Crippen LogP contribution in [0.1, 0.15) is 35.8 Å². The molecule has 190 valence electrons. The molecule has 3 aromatic rings. The molecular formula is C25H23N5O6S. The van der Waals surface area contributed by atoms with Crippen molar-refractivity contribution in [3.63, 3.8) is 0 Å². The minimum absolute atomic E-state index is 0.0878. The van der Waals surface area contributed by atoms with Gasteiger partial charge in [-0.15, -0.1) is 11.8 Å². The largest absolute Gasteiger partial charge is 0.480 e. The van der Waals surface area contributed by atoms with Crippen molar-refractivity contribution in [1.82, 2.24) is 25.5 Å². The number of aromatic amines is 1. The number of nitrogens with one attached hydrogen (secondary N) is 3. The number of carboxylic acid groups (broad SMARTS) is 1. The van der Waals surface area contributed by atoms with Crippen molar-refractivity contribution in [2.75, 3.05) is 0 Å². The first-order valence-corrected chi connectivity index (χ1v) is 12.3. The van der Waals surface area contributed by atoms with Crippen LogP contribution in [0, 0.1) is 0 Å². The summed E-state index contributed by atoms with van der Waals surface area (Å²) >= 11 is 1.30. The number of hydrogen-bond acceptors (Lipinski definition) is 7. The number of amides is 3. The maximum atomic E-state index is 13.4. The number of carbonyl (C=O) groups is 4. The second-order valence-electron chi connectivity index (χ2n) is 9.33. The zero-order valence-corrected chi connectivity index (χ0v) is 20.6. The van der Waals surface area contributed by atoms with Crippen LogP contribution in [0.25, 0.3) is 11.0 Å². The van der Waals surface area contributed by atoms with E-state index in [1.165, 1.54) is 29.1 Å². The minimum Gasteiger partial charge on any atom is -0.480 e. The number of carboxylic acids is 1. The first kappa shape index (κ1) is 24.5. The average Bonchev–Trinajstić information content (AvgIpc) is 3.14. The third-order valence-electron chi connectivity index (χ3n) is 6.53. The maximum absolute atomic E-state index is 13.4. The molecule has 0 aliphatic carbocycles. The highest BCUT2D eigenvalue weighted by molar-refractivity contribution is 8.01. The molecule has 12 heteroatoms. The van der Waals surface area contributed by atoms with Crippen LogP contribution in [0.15, 0.2) is 59.7 Å². The quantitative estimate of drug-likeness (QED) is 0.350. The van der Waals surface area contributed by atoms with Gasteiger partial charge in [0.2, 0.25) is 17.2 Å². The Balaban J connectivity index is 1.40. The van der Waals surface area contributed by atoms with Crippen LogP contribution in [0.4, 0.5) is 0 Å². The minimum atomic E-state index is -1.22. The lowest BCUT2D eigenvalue weighted by atomic mass is 9.95. The topological polar surface area (TPSA) is 162 Å². The number of hydrogen-bond donors (Lipinski definition) is 4. The lowest BCUT2D eigenvalue weighted by Crippen LogP contribution is -2.71. The molecule has 2 saturated heterocycles. The first-order chi connectivity index (χ1) is 17.6. The van der Waals surface area contributed by atoms with E-state index in [1.54, 1.807) is 56.3 Å². The van der Waals surface area contributed by atoms with Gasteiger partial charge in [-0.1, -0.05) is 30.3 Å². The lowest BCUT2D eigenvalue weighted by Gasteiger charge is -2.44. The van der Waals surface area contributed by atoms with Gasteiger partial charge in [0.15, 0.2) is 0 Å². The summed E-state index contributed by atoms with van der Waals surface area (Å²) in [5.74, 6) is -3.06. The molecule has 11 nitrogen and oxygen atoms in total. The first-order valence-electron chi connectivity index (χ1n) is 11.5. The molecule has 1 aromatic carbocycles. The monoisotopic (exact) mass is 521 g/mol. The molecule has 0 bridgehead atoms. The second kappa shape index (κ2) is 9.04. The number of rotatable bonds is 6. The maximum Gasteiger partial charge on any atom is 0.327 e. The predicted octanol–water partition coefficient (Wildman–Crippen LogP) is 1.03. The summed E-state index contributed by atoms with van der Waals surface area (Å²) in [5, 5.41) is 14.3. The van der Waals surface area contributed by atoms with Crippen LogP contribution < -0.4 is 16.1 Å². The van der Waals surface area contributed by atoms with E-state index >= 15 is 0 Å². The Hall–Kier alpha value is -4.19. The number of pyridine rings is 2. The number of aromatic nitrogens is 2. The highest BCUT2D eigenvalue weighted by Crippen LogP contribution is 2.50. The summed E-state index contributed by atoms with van der Waals surface area (Å²) in [4.78, 5) is 72.2. The van der Waals surface area contributed by atoms with E-state index in [-0.39, 0.29) is 11.1 Å². The van der Waals surface area contributed by atoms with Gasteiger partial charge >= 0.3 is 5.97 Å². The Bertz CT molecular complexity index is 1490. The molecule has 2 aliphatic heterocycles. The van der Waals surface area contributed by atoms with Gasteiger partial charge in [0.25, 0.3) is 5.91 Å². The second-order valence-corrected chi connectivity index (χ2v) is 11.1. The average molecular weight is 522 g/mol. The third kappa shape index (κ3) is 4.12. The van der Waals surface area contributed by atoms with Crippen molar-refractivity contribution in [1.29, 1.82) is 0 Å². The van der Waals surface area contributed by atoms with Crippen molar-refractivity contribution in [2.24, 2.45) is 0 Å². The molecule has 2 aromatic heterocycles. The van der Waals surface area contributed by atoms with Gasteiger partial charge in [0.1, 0.15) is 34.6 Å². The Kier molecular flexibility index (Phi) is 5.98. The number of carbonyl (C=O) groups excluding carboxylic acids is 3. The van der Waals surface area contributed by atoms with E-state index in [1.807, 2.05) is 0 Å². The van der Waals surface area contributed by atoms with Crippen molar-refractivity contribution in [3.8, 4) is 0 Å².